The van der Waals surface area contributed by atoms with Crippen molar-refractivity contribution in [2.24, 2.45) is 0 Å². The SMILES string of the molecule is CCCCCOC(=O)Oc1ccc(-c2ccc(-c3ccc(CCCCC)cc3F)cc2)c(F)c1. The zero-order valence-corrected chi connectivity index (χ0v) is 19.9. The first-order valence-electron chi connectivity index (χ1n) is 12.0. The van der Waals surface area contributed by atoms with Gasteiger partial charge in [0.1, 0.15) is 17.4 Å². The second-order valence-corrected chi connectivity index (χ2v) is 8.40. The summed E-state index contributed by atoms with van der Waals surface area (Å²) in [6, 6.07) is 16.7. The molecule has 0 aliphatic rings. The fourth-order valence-electron chi connectivity index (χ4n) is 3.78. The number of halogens is 2. The molecule has 0 aromatic heterocycles. The van der Waals surface area contributed by atoms with Gasteiger partial charge in [0, 0.05) is 17.2 Å². The highest BCUT2D eigenvalue weighted by atomic mass is 19.1. The van der Waals surface area contributed by atoms with Crippen LogP contribution < -0.4 is 4.74 Å². The third kappa shape index (κ3) is 7.14. The normalized spacial score (nSPS) is 10.8. The van der Waals surface area contributed by atoms with Crippen molar-refractivity contribution in [2.75, 3.05) is 6.61 Å². The van der Waals surface area contributed by atoms with Crippen LogP contribution in [0.2, 0.25) is 0 Å². The van der Waals surface area contributed by atoms with Crippen LogP contribution in [0.25, 0.3) is 22.3 Å². The highest BCUT2D eigenvalue weighted by Gasteiger charge is 2.12. The van der Waals surface area contributed by atoms with Crippen molar-refractivity contribution in [1.29, 1.82) is 0 Å². The van der Waals surface area contributed by atoms with Gasteiger partial charge in [0.15, 0.2) is 0 Å². The summed E-state index contributed by atoms with van der Waals surface area (Å²) in [4.78, 5) is 11.7. The third-order valence-corrected chi connectivity index (χ3v) is 5.72. The van der Waals surface area contributed by atoms with Crippen LogP contribution in [0.4, 0.5) is 13.6 Å². The molecule has 0 spiro atoms. The number of hydrogen-bond acceptors (Lipinski definition) is 3. The molecule has 0 amide bonds. The lowest BCUT2D eigenvalue weighted by atomic mass is 9.98. The molecule has 5 heteroatoms. The number of carbonyl (C=O) groups excluding carboxylic acids is 1. The summed E-state index contributed by atoms with van der Waals surface area (Å²) >= 11 is 0. The second kappa shape index (κ2) is 12.9. The molecular weight excluding hydrogens is 434 g/mol. The molecule has 0 N–H and O–H groups in total. The van der Waals surface area contributed by atoms with Crippen LogP contribution in [0.1, 0.15) is 57.9 Å². The zero-order valence-electron chi connectivity index (χ0n) is 19.9. The molecule has 0 atom stereocenters. The van der Waals surface area contributed by atoms with Crippen molar-refractivity contribution in [2.45, 2.75) is 58.8 Å². The van der Waals surface area contributed by atoms with Gasteiger partial charge in [-0.15, -0.1) is 0 Å². The number of rotatable bonds is 11. The van der Waals surface area contributed by atoms with Crippen molar-refractivity contribution in [1.82, 2.24) is 0 Å². The van der Waals surface area contributed by atoms with Gasteiger partial charge in [-0.25, -0.2) is 13.6 Å². The molecule has 3 aromatic rings. The van der Waals surface area contributed by atoms with Crippen LogP contribution in [-0.2, 0) is 11.2 Å². The first kappa shape index (κ1) is 25.4. The van der Waals surface area contributed by atoms with E-state index in [1.165, 1.54) is 6.07 Å². The zero-order chi connectivity index (χ0) is 24.3. The number of unbranched alkanes of at least 4 members (excludes halogenated alkanes) is 4. The van der Waals surface area contributed by atoms with E-state index in [2.05, 4.69) is 13.8 Å². The summed E-state index contributed by atoms with van der Waals surface area (Å²) in [6.45, 7) is 4.48. The summed E-state index contributed by atoms with van der Waals surface area (Å²) < 4.78 is 39.4. The van der Waals surface area contributed by atoms with Gasteiger partial charge in [0.25, 0.3) is 0 Å². The average Bonchev–Trinajstić information content (AvgIpc) is 2.83. The van der Waals surface area contributed by atoms with E-state index < -0.39 is 12.0 Å². The fraction of sp³-hybridized carbons (Fsp3) is 0.345. The quantitative estimate of drug-likeness (QED) is 0.161. The Kier molecular flexibility index (Phi) is 9.62. The minimum atomic E-state index is -0.842. The first-order valence-corrected chi connectivity index (χ1v) is 12.0. The molecule has 3 nitrogen and oxygen atoms in total. The Labute approximate surface area is 200 Å². The van der Waals surface area contributed by atoms with E-state index in [1.54, 1.807) is 42.5 Å². The summed E-state index contributed by atoms with van der Waals surface area (Å²) in [5.74, 6) is -0.692. The Balaban J connectivity index is 1.66. The van der Waals surface area contributed by atoms with E-state index in [4.69, 9.17) is 9.47 Å². The lowest BCUT2D eigenvalue weighted by Gasteiger charge is -2.10. The van der Waals surface area contributed by atoms with Crippen molar-refractivity contribution >= 4 is 6.16 Å². The van der Waals surface area contributed by atoms with Crippen LogP contribution >= 0.6 is 0 Å². The Hall–Kier alpha value is -3.21. The molecule has 0 aliphatic carbocycles. The van der Waals surface area contributed by atoms with Gasteiger partial charge >= 0.3 is 6.16 Å². The van der Waals surface area contributed by atoms with E-state index in [-0.39, 0.29) is 18.2 Å². The van der Waals surface area contributed by atoms with Gasteiger partial charge < -0.3 is 9.47 Å². The van der Waals surface area contributed by atoms with Crippen molar-refractivity contribution in [3.05, 3.63) is 77.9 Å². The maximum absolute atomic E-state index is 14.7. The fourth-order valence-corrected chi connectivity index (χ4v) is 3.78. The summed E-state index contributed by atoms with van der Waals surface area (Å²) in [7, 11) is 0. The van der Waals surface area contributed by atoms with Gasteiger partial charge in [-0.2, -0.15) is 0 Å². The molecule has 3 aromatic carbocycles. The number of hydrogen-bond donors (Lipinski definition) is 0. The largest absolute Gasteiger partial charge is 0.513 e. The van der Waals surface area contributed by atoms with Gasteiger partial charge in [-0.1, -0.05) is 75.9 Å². The molecule has 180 valence electrons. The van der Waals surface area contributed by atoms with E-state index in [0.29, 0.717) is 16.7 Å². The monoisotopic (exact) mass is 466 g/mol. The minimum Gasteiger partial charge on any atom is -0.434 e. The average molecular weight is 467 g/mol. The van der Waals surface area contributed by atoms with Crippen molar-refractivity contribution in [3.63, 3.8) is 0 Å². The van der Waals surface area contributed by atoms with Gasteiger partial charge in [-0.3, -0.25) is 0 Å². The molecule has 0 bridgehead atoms. The Morgan fingerprint density at radius 2 is 1.32 bits per heavy atom. The Morgan fingerprint density at radius 3 is 1.91 bits per heavy atom. The molecule has 0 heterocycles. The molecule has 0 saturated heterocycles. The Bertz CT molecular complexity index is 1080. The van der Waals surface area contributed by atoms with Gasteiger partial charge in [0.05, 0.1) is 6.61 Å². The minimum absolute atomic E-state index is 0.0828. The molecule has 0 saturated carbocycles. The third-order valence-electron chi connectivity index (χ3n) is 5.72. The van der Waals surface area contributed by atoms with E-state index >= 15 is 0 Å². The van der Waals surface area contributed by atoms with Gasteiger partial charge in [0.2, 0.25) is 0 Å². The summed E-state index contributed by atoms with van der Waals surface area (Å²) in [5.41, 5.74) is 3.26. The van der Waals surface area contributed by atoms with Crippen LogP contribution in [0, 0.1) is 11.6 Å². The van der Waals surface area contributed by atoms with E-state index in [9.17, 15) is 13.6 Å². The van der Waals surface area contributed by atoms with Gasteiger partial charge in [-0.05, 0) is 54.2 Å². The van der Waals surface area contributed by atoms with E-state index in [1.807, 2.05) is 6.07 Å². The molecular formula is C29H32F2O3. The highest BCUT2D eigenvalue weighted by molar-refractivity contribution is 5.72. The molecule has 0 aliphatic heterocycles. The van der Waals surface area contributed by atoms with E-state index in [0.717, 1.165) is 62.1 Å². The van der Waals surface area contributed by atoms with Crippen LogP contribution in [0.3, 0.4) is 0 Å². The van der Waals surface area contributed by atoms with Crippen LogP contribution in [0.5, 0.6) is 5.75 Å². The van der Waals surface area contributed by atoms with Crippen molar-refractivity contribution in [3.8, 4) is 28.0 Å². The predicted octanol–water partition coefficient (Wildman–Crippen LogP) is 8.74. The Morgan fingerprint density at radius 1 is 0.735 bits per heavy atom. The van der Waals surface area contributed by atoms with Crippen LogP contribution in [0.15, 0.2) is 60.7 Å². The molecule has 3 rings (SSSR count). The molecule has 0 fully saturated rings. The highest BCUT2D eigenvalue weighted by Crippen LogP contribution is 2.30. The lowest BCUT2D eigenvalue weighted by molar-refractivity contribution is 0.0973. The number of aryl methyl sites for hydroxylation is 1. The number of ether oxygens (including phenoxy) is 2. The number of benzene rings is 3. The smallest absolute Gasteiger partial charge is 0.434 e. The summed E-state index contributed by atoms with van der Waals surface area (Å²) in [6.07, 6.45) is 6.11. The lowest BCUT2D eigenvalue weighted by Crippen LogP contribution is -2.11. The topological polar surface area (TPSA) is 35.5 Å². The van der Waals surface area contributed by atoms with Crippen LogP contribution in [-0.4, -0.2) is 12.8 Å². The number of carbonyl (C=O) groups is 1. The first-order chi connectivity index (χ1) is 16.5. The predicted molar refractivity (Wildman–Crippen MR) is 132 cm³/mol. The summed E-state index contributed by atoms with van der Waals surface area (Å²) in [5, 5.41) is 0. The molecule has 0 radical (unpaired) electrons. The molecule has 0 unspecified atom stereocenters. The maximum atomic E-state index is 14.7. The maximum Gasteiger partial charge on any atom is 0.513 e. The second-order valence-electron chi connectivity index (χ2n) is 8.40. The molecule has 34 heavy (non-hydrogen) atoms. The standard InChI is InChI=1S/C29H32F2O3/c1-3-5-7-9-21-10-16-25(27(30)19-21)22-11-13-23(14-12-22)26-17-15-24(20-28(26)31)34-29(32)33-18-8-6-4-2/h10-17,19-20H,3-9,18H2,1-2H3. The van der Waals surface area contributed by atoms with Crippen molar-refractivity contribution < 1.29 is 23.0 Å².